The summed E-state index contributed by atoms with van der Waals surface area (Å²) < 4.78 is 5.57. The van der Waals surface area contributed by atoms with E-state index >= 15 is 0 Å². The highest BCUT2D eigenvalue weighted by molar-refractivity contribution is 5.80. The Morgan fingerprint density at radius 2 is 1.68 bits per heavy atom. The molecule has 0 spiro atoms. The summed E-state index contributed by atoms with van der Waals surface area (Å²) in [5.74, 6) is -1.58. The molecule has 0 radical (unpaired) electrons. The number of hydrogen-bond acceptors (Lipinski definition) is 4. The standard InChI is InChI=1S/C27H32N2O5/c1-2-17(14-25(30)29-24-13-7-12-22(24)26(31)32)15-28-27(33)34-16-23-20-10-5-3-8-18(20)19-9-4-6-11-21(19)23/h3-6,8-11,17,22-24H,2,7,12-16H2,1H3,(H,28,33)(H,29,30)(H,31,32)/t17?,22-,24+/m1/s1. The smallest absolute Gasteiger partial charge is 0.407 e. The number of fused-ring (bicyclic) bond motifs is 3. The van der Waals surface area contributed by atoms with E-state index < -0.39 is 18.0 Å². The third-order valence-electron chi connectivity index (χ3n) is 7.11. The van der Waals surface area contributed by atoms with Crippen LogP contribution in [-0.4, -0.2) is 42.3 Å². The Balaban J connectivity index is 1.26. The largest absolute Gasteiger partial charge is 0.481 e. The number of nitrogens with one attached hydrogen (secondary N) is 2. The normalized spacial score (nSPS) is 19.7. The average molecular weight is 465 g/mol. The highest BCUT2D eigenvalue weighted by Gasteiger charge is 2.34. The van der Waals surface area contributed by atoms with Crippen molar-refractivity contribution < 1.29 is 24.2 Å². The fraction of sp³-hybridized carbons (Fsp3) is 0.444. The van der Waals surface area contributed by atoms with Gasteiger partial charge in [-0.3, -0.25) is 9.59 Å². The number of hydrogen-bond donors (Lipinski definition) is 3. The summed E-state index contributed by atoms with van der Waals surface area (Å²) >= 11 is 0. The molecule has 2 aromatic carbocycles. The van der Waals surface area contributed by atoms with E-state index in [9.17, 15) is 19.5 Å². The molecule has 0 saturated heterocycles. The van der Waals surface area contributed by atoms with E-state index in [4.69, 9.17) is 4.74 Å². The van der Waals surface area contributed by atoms with Crippen LogP contribution in [0, 0.1) is 11.8 Å². The van der Waals surface area contributed by atoms with Crippen molar-refractivity contribution in [3.05, 3.63) is 59.7 Å². The lowest BCUT2D eigenvalue weighted by Crippen LogP contribution is -2.41. The van der Waals surface area contributed by atoms with E-state index in [1.54, 1.807) is 0 Å². The number of rotatable bonds is 9. The SMILES string of the molecule is CCC(CNC(=O)OCC1c2ccccc2-c2ccccc21)CC(=O)N[C@H]1CCC[C@H]1C(=O)O. The summed E-state index contributed by atoms with van der Waals surface area (Å²) in [7, 11) is 0. The predicted molar refractivity (Wildman–Crippen MR) is 128 cm³/mol. The van der Waals surface area contributed by atoms with E-state index in [-0.39, 0.29) is 36.8 Å². The van der Waals surface area contributed by atoms with Crippen molar-refractivity contribution in [3.8, 4) is 11.1 Å². The van der Waals surface area contributed by atoms with Gasteiger partial charge in [0, 0.05) is 24.9 Å². The van der Waals surface area contributed by atoms with Crippen LogP contribution in [-0.2, 0) is 14.3 Å². The van der Waals surface area contributed by atoms with E-state index in [1.807, 2.05) is 31.2 Å². The number of benzene rings is 2. The topological polar surface area (TPSA) is 105 Å². The molecular weight excluding hydrogens is 432 g/mol. The van der Waals surface area contributed by atoms with E-state index in [0.717, 1.165) is 17.5 Å². The minimum atomic E-state index is -0.855. The van der Waals surface area contributed by atoms with Crippen LogP contribution in [0.1, 0.15) is 56.1 Å². The van der Waals surface area contributed by atoms with Crippen LogP contribution in [0.2, 0.25) is 0 Å². The predicted octanol–water partition coefficient (Wildman–Crippen LogP) is 4.31. The maximum Gasteiger partial charge on any atom is 0.407 e. The number of carboxylic acid groups (broad SMARTS) is 1. The second-order valence-electron chi connectivity index (χ2n) is 9.23. The van der Waals surface area contributed by atoms with Gasteiger partial charge in [-0.1, -0.05) is 68.3 Å². The second-order valence-corrected chi connectivity index (χ2v) is 9.23. The Morgan fingerprint density at radius 1 is 1.03 bits per heavy atom. The minimum absolute atomic E-state index is 0.000470. The number of alkyl carbamates (subject to hydrolysis) is 1. The van der Waals surface area contributed by atoms with Gasteiger partial charge >= 0.3 is 12.1 Å². The molecule has 3 atom stereocenters. The Kier molecular flexibility index (Phi) is 7.50. The zero-order valence-corrected chi connectivity index (χ0v) is 19.5. The summed E-state index contributed by atoms with van der Waals surface area (Å²) in [6.07, 6.45) is 2.55. The summed E-state index contributed by atoms with van der Waals surface area (Å²) in [6.45, 7) is 2.54. The summed E-state index contributed by atoms with van der Waals surface area (Å²) in [6, 6.07) is 16.1. The van der Waals surface area contributed by atoms with Crippen molar-refractivity contribution in [2.45, 2.75) is 51.0 Å². The molecular formula is C27H32N2O5. The zero-order valence-electron chi connectivity index (χ0n) is 19.5. The van der Waals surface area contributed by atoms with Gasteiger partial charge in [-0.2, -0.15) is 0 Å². The fourth-order valence-corrected chi connectivity index (χ4v) is 5.19. The van der Waals surface area contributed by atoms with Crippen LogP contribution in [0.15, 0.2) is 48.5 Å². The number of carbonyl (C=O) groups excluding carboxylic acids is 2. The zero-order chi connectivity index (χ0) is 24.1. The van der Waals surface area contributed by atoms with Crippen molar-refractivity contribution in [1.29, 1.82) is 0 Å². The molecule has 0 heterocycles. The van der Waals surface area contributed by atoms with Crippen LogP contribution in [0.3, 0.4) is 0 Å². The maximum absolute atomic E-state index is 12.5. The van der Waals surface area contributed by atoms with Crippen LogP contribution >= 0.6 is 0 Å². The number of aliphatic carboxylic acids is 1. The monoisotopic (exact) mass is 464 g/mol. The Bertz CT molecular complexity index is 1010. The summed E-state index contributed by atoms with van der Waals surface area (Å²) in [4.78, 5) is 36.2. The highest BCUT2D eigenvalue weighted by atomic mass is 16.5. The maximum atomic E-state index is 12.5. The first-order valence-corrected chi connectivity index (χ1v) is 12.1. The van der Waals surface area contributed by atoms with Gasteiger partial charge in [0.15, 0.2) is 0 Å². The quantitative estimate of drug-likeness (QED) is 0.513. The van der Waals surface area contributed by atoms with Gasteiger partial charge in [0.25, 0.3) is 0 Å². The molecule has 34 heavy (non-hydrogen) atoms. The van der Waals surface area contributed by atoms with Crippen molar-refractivity contribution in [1.82, 2.24) is 10.6 Å². The molecule has 0 aromatic heterocycles. The van der Waals surface area contributed by atoms with Gasteiger partial charge in [0.05, 0.1) is 5.92 Å². The molecule has 180 valence electrons. The van der Waals surface area contributed by atoms with E-state index in [0.29, 0.717) is 25.8 Å². The first-order valence-electron chi connectivity index (χ1n) is 12.1. The van der Waals surface area contributed by atoms with Crippen LogP contribution in [0.5, 0.6) is 0 Å². The van der Waals surface area contributed by atoms with Gasteiger partial charge in [0.2, 0.25) is 5.91 Å². The van der Waals surface area contributed by atoms with Crippen LogP contribution < -0.4 is 10.6 Å². The fourth-order valence-electron chi connectivity index (χ4n) is 5.19. The van der Waals surface area contributed by atoms with Gasteiger partial charge in [-0.05, 0) is 41.0 Å². The molecule has 4 rings (SSSR count). The lowest BCUT2D eigenvalue weighted by atomic mass is 9.98. The molecule has 7 heteroatoms. The van der Waals surface area contributed by atoms with Gasteiger partial charge in [-0.15, -0.1) is 0 Å². The number of carbonyl (C=O) groups is 3. The van der Waals surface area contributed by atoms with Gasteiger partial charge in [-0.25, -0.2) is 4.79 Å². The molecule has 0 bridgehead atoms. The molecule has 2 aliphatic carbocycles. The average Bonchev–Trinajstić information content (AvgIpc) is 3.43. The Labute approximate surface area is 199 Å². The van der Waals surface area contributed by atoms with Crippen molar-refractivity contribution in [3.63, 3.8) is 0 Å². The molecule has 1 saturated carbocycles. The van der Waals surface area contributed by atoms with Gasteiger partial charge < -0.3 is 20.5 Å². The first-order chi connectivity index (χ1) is 16.5. The number of carboxylic acids is 1. The number of ether oxygens (including phenoxy) is 1. The van der Waals surface area contributed by atoms with Crippen LogP contribution in [0.4, 0.5) is 4.79 Å². The Hall–Kier alpha value is -3.35. The van der Waals surface area contributed by atoms with E-state index in [1.165, 1.54) is 11.1 Å². The van der Waals surface area contributed by atoms with E-state index in [2.05, 4.69) is 34.9 Å². The van der Waals surface area contributed by atoms with Crippen molar-refractivity contribution >= 4 is 18.0 Å². The molecule has 0 aliphatic heterocycles. The molecule has 2 aliphatic rings. The second kappa shape index (κ2) is 10.7. The van der Waals surface area contributed by atoms with Crippen molar-refractivity contribution in [2.75, 3.05) is 13.2 Å². The summed E-state index contributed by atoms with van der Waals surface area (Å²) in [5.41, 5.74) is 4.67. The molecule has 3 N–H and O–H groups in total. The Morgan fingerprint density at radius 3 is 2.29 bits per heavy atom. The lowest BCUT2D eigenvalue weighted by molar-refractivity contribution is -0.142. The molecule has 1 unspecified atom stereocenters. The molecule has 1 fully saturated rings. The highest BCUT2D eigenvalue weighted by Crippen LogP contribution is 2.44. The van der Waals surface area contributed by atoms with Gasteiger partial charge in [0.1, 0.15) is 6.61 Å². The number of amides is 2. The van der Waals surface area contributed by atoms with Crippen molar-refractivity contribution in [2.24, 2.45) is 11.8 Å². The minimum Gasteiger partial charge on any atom is -0.481 e. The third kappa shape index (κ3) is 5.24. The summed E-state index contributed by atoms with van der Waals surface area (Å²) in [5, 5.41) is 15.0. The van der Waals surface area contributed by atoms with Crippen LogP contribution in [0.25, 0.3) is 11.1 Å². The lowest BCUT2D eigenvalue weighted by Gasteiger charge is -2.20. The molecule has 7 nitrogen and oxygen atoms in total. The molecule has 2 aromatic rings. The third-order valence-corrected chi connectivity index (χ3v) is 7.11. The molecule has 2 amide bonds. The first kappa shape index (κ1) is 23.8.